The minimum atomic E-state index is -2.48. The number of hydrogen-bond acceptors (Lipinski definition) is 3. The van der Waals surface area contributed by atoms with Crippen LogP contribution in [0, 0.1) is 11.3 Å². The summed E-state index contributed by atoms with van der Waals surface area (Å²) in [7, 11) is 0. The lowest BCUT2D eigenvalue weighted by Crippen LogP contribution is -2.18. The number of alkyl halides is 2. The molecular weight excluding hydrogens is 266 g/mol. The highest BCUT2D eigenvalue weighted by molar-refractivity contribution is 7.09. The van der Waals surface area contributed by atoms with E-state index < -0.39 is 12.5 Å². The average molecular weight is 278 g/mol. The van der Waals surface area contributed by atoms with E-state index in [0.29, 0.717) is 12.1 Å². The number of hydrogen-bond donors (Lipinski definition) is 1. The van der Waals surface area contributed by atoms with Crippen molar-refractivity contribution in [2.45, 2.75) is 19.0 Å². The quantitative estimate of drug-likeness (QED) is 0.896. The molecule has 0 spiro atoms. The topological polar surface area (TPSA) is 35.8 Å². The molecule has 1 heterocycles. The van der Waals surface area contributed by atoms with Gasteiger partial charge < -0.3 is 0 Å². The van der Waals surface area contributed by atoms with Crippen molar-refractivity contribution in [2.24, 2.45) is 0 Å². The van der Waals surface area contributed by atoms with Gasteiger partial charge in [-0.05, 0) is 17.0 Å². The Bertz CT molecular complexity index is 544. The third-order valence-electron chi connectivity index (χ3n) is 2.71. The van der Waals surface area contributed by atoms with Gasteiger partial charge in [0.2, 0.25) is 0 Å². The first-order chi connectivity index (χ1) is 9.20. The monoisotopic (exact) mass is 278 g/mol. The summed E-state index contributed by atoms with van der Waals surface area (Å²) < 4.78 is 24.9. The van der Waals surface area contributed by atoms with Crippen LogP contribution in [0.1, 0.15) is 28.5 Å². The van der Waals surface area contributed by atoms with Crippen LogP contribution in [0.2, 0.25) is 0 Å². The first-order valence-electron chi connectivity index (χ1n) is 5.74. The first-order valence-corrected chi connectivity index (χ1v) is 6.62. The highest BCUT2D eigenvalue weighted by Crippen LogP contribution is 2.21. The third kappa shape index (κ3) is 3.60. The fraction of sp³-hybridized carbons (Fsp3) is 0.214. The summed E-state index contributed by atoms with van der Waals surface area (Å²) in [5, 5.41) is 14.2. The standard InChI is InChI=1S/C14H12F2N2S/c15-14(16)11-5-3-10(4-6-11)13(8-17)18-9-12-2-1-7-19-12/h1-7,13-14,18H,9H2. The smallest absolute Gasteiger partial charge is 0.263 e. The predicted octanol–water partition coefficient (Wildman–Crippen LogP) is 4.04. The van der Waals surface area contributed by atoms with Gasteiger partial charge in [-0.2, -0.15) is 5.26 Å². The van der Waals surface area contributed by atoms with Gasteiger partial charge in [-0.25, -0.2) is 8.78 Å². The van der Waals surface area contributed by atoms with Crippen molar-refractivity contribution in [3.8, 4) is 6.07 Å². The predicted molar refractivity (Wildman–Crippen MR) is 70.9 cm³/mol. The maximum absolute atomic E-state index is 12.4. The van der Waals surface area contributed by atoms with Crippen LogP contribution in [0.15, 0.2) is 41.8 Å². The van der Waals surface area contributed by atoms with Crippen molar-refractivity contribution < 1.29 is 8.78 Å². The van der Waals surface area contributed by atoms with Crippen LogP contribution in [0.5, 0.6) is 0 Å². The summed E-state index contributed by atoms with van der Waals surface area (Å²) in [4.78, 5) is 1.13. The number of nitrogens with zero attached hydrogens (tertiary/aromatic N) is 1. The van der Waals surface area contributed by atoms with Crippen LogP contribution < -0.4 is 5.32 Å². The molecule has 2 aromatic rings. The van der Waals surface area contributed by atoms with Crippen molar-refractivity contribution in [2.75, 3.05) is 0 Å². The van der Waals surface area contributed by atoms with Gasteiger partial charge in [-0.1, -0.05) is 30.3 Å². The van der Waals surface area contributed by atoms with Crippen LogP contribution in [0.4, 0.5) is 8.78 Å². The van der Waals surface area contributed by atoms with Crippen LogP contribution in [-0.4, -0.2) is 0 Å². The Labute approximate surface area is 114 Å². The van der Waals surface area contributed by atoms with Gasteiger partial charge >= 0.3 is 0 Å². The summed E-state index contributed by atoms with van der Waals surface area (Å²) in [5.41, 5.74) is 0.669. The molecule has 0 saturated heterocycles. The van der Waals surface area contributed by atoms with Crippen molar-refractivity contribution in [1.29, 1.82) is 5.26 Å². The van der Waals surface area contributed by atoms with E-state index in [1.165, 1.54) is 12.1 Å². The molecule has 0 saturated carbocycles. The number of nitriles is 1. The second-order valence-corrected chi connectivity index (χ2v) is 5.02. The highest BCUT2D eigenvalue weighted by atomic mass is 32.1. The number of benzene rings is 1. The molecule has 1 N–H and O–H groups in total. The second kappa shape index (κ2) is 6.41. The van der Waals surface area contributed by atoms with Crippen LogP contribution >= 0.6 is 11.3 Å². The Morgan fingerprint density at radius 3 is 2.37 bits per heavy atom. The lowest BCUT2D eigenvalue weighted by molar-refractivity contribution is 0.151. The molecule has 1 aromatic heterocycles. The lowest BCUT2D eigenvalue weighted by Gasteiger charge is -2.11. The maximum Gasteiger partial charge on any atom is 0.263 e. The number of rotatable bonds is 5. The van der Waals surface area contributed by atoms with Crippen molar-refractivity contribution in [3.63, 3.8) is 0 Å². The zero-order valence-electron chi connectivity index (χ0n) is 10.0. The van der Waals surface area contributed by atoms with E-state index in [0.717, 1.165) is 4.88 Å². The van der Waals surface area contributed by atoms with E-state index in [1.54, 1.807) is 23.5 Å². The maximum atomic E-state index is 12.4. The van der Waals surface area contributed by atoms with Gasteiger partial charge in [0.25, 0.3) is 6.43 Å². The Morgan fingerprint density at radius 2 is 1.84 bits per heavy atom. The fourth-order valence-electron chi connectivity index (χ4n) is 1.69. The molecule has 0 aliphatic carbocycles. The fourth-order valence-corrected chi connectivity index (χ4v) is 2.34. The first kappa shape index (κ1) is 13.7. The van der Waals surface area contributed by atoms with Crippen molar-refractivity contribution >= 4 is 11.3 Å². The summed E-state index contributed by atoms with van der Waals surface area (Å²) in [6, 6.07) is 11.4. The van der Waals surface area contributed by atoms with Crippen LogP contribution in [0.25, 0.3) is 0 Å². The van der Waals surface area contributed by atoms with Crippen molar-refractivity contribution in [3.05, 3.63) is 57.8 Å². The zero-order chi connectivity index (χ0) is 13.7. The summed E-state index contributed by atoms with van der Waals surface area (Å²) in [6.07, 6.45) is -2.48. The molecule has 0 radical (unpaired) electrons. The summed E-state index contributed by atoms with van der Waals surface area (Å²) >= 11 is 1.61. The minimum absolute atomic E-state index is 0.0290. The normalized spacial score (nSPS) is 12.3. The van der Waals surface area contributed by atoms with E-state index in [4.69, 9.17) is 5.26 Å². The van der Waals surface area contributed by atoms with Gasteiger partial charge in [0.15, 0.2) is 0 Å². The Hall–Kier alpha value is -1.77. The number of nitrogens with one attached hydrogen (secondary N) is 1. The molecule has 1 unspecified atom stereocenters. The van der Waals surface area contributed by atoms with Crippen LogP contribution in [0.3, 0.4) is 0 Å². The Balaban J connectivity index is 2.03. The van der Waals surface area contributed by atoms with E-state index in [9.17, 15) is 8.78 Å². The third-order valence-corrected chi connectivity index (χ3v) is 3.59. The molecule has 0 bridgehead atoms. The SMILES string of the molecule is N#CC(NCc1cccs1)c1ccc(C(F)F)cc1. The Kier molecular flexibility index (Phi) is 4.61. The second-order valence-electron chi connectivity index (χ2n) is 3.99. The zero-order valence-corrected chi connectivity index (χ0v) is 10.8. The molecule has 0 aliphatic rings. The average Bonchev–Trinajstić information content (AvgIpc) is 2.93. The molecular formula is C14H12F2N2S. The molecule has 0 fully saturated rings. The summed E-state index contributed by atoms with van der Waals surface area (Å²) in [6.45, 7) is 0.590. The van der Waals surface area contributed by atoms with Gasteiger partial charge in [0.1, 0.15) is 6.04 Å². The molecule has 0 amide bonds. The van der Waals surface area contributed by atoms with E-state index in [1.807, 2.05) is 17.5 Å². The molecule has 2 rings (SSSR count). The lowest BCUT2D eigenvalue weighted by atomic mass is 10.1. The summed E-state index contributed by atoms with van der Waals surface area (Å²) in [5.74, 6) is 0. The number of halogens is 2. The molecule has 0 aliphatic heterocycles. The number of thiophene rings is 1. The van der Waals surface area contributed by atoms with Gasteiger partial charge in [-0.3, -0.25) is 5.32 Å². The van der Waals surface area contributed by atoms with Gasteiger partial charge in [0.05, 0.1) is 6.07 Å². The van der Waals surface area contributed by atoms with Gasteiger partial charge in [-0.15, -0.1) is 11.3 Å². The van der Waals surface area contributed by atoms with Crippen molar-refractivity contribution in [1.82, 2.24) is 5.32 Å². The molecule has 1 atom stereocenters. The molecule has 2 nitrogen and oxygen atoms in total. The van der Waals surface area contributed by atoms with E-state index in [2.05, 4.69) is 11.4 Å². The molecule has 5 heteroatoms. The highest BCUT2D eigenvalue weighted by Gasteiger charge is 2.12. The largest absolute Gasteiger partial charge is 0.293 e. The Morgan fingerprint density at radius 1 is 1.16 bits per heavy atom. The molecule has 98 valence electrons. The molecule has 1 aromatic carbocycles. The minimum Gasteiger partial charge on any atom is -0.293 e. The van der Waals surface area contributed by atoms with E-state index >= 15 is 0 Å². The van der Waals surface area contributed by atoms with Gasteiger partial charge in [0, 0.05) is 17.0 Å². The van der Waals surface area contributed by atoms with E-state index in [-0.39, 0.29) is 5.56 Å². The molecule has 19 heavy (non-hydrogen) atoms. The van der Waals surface area contributed by atoms with Crippen LogP contribution in [-0.2, 0) is 6.54 Å².